The lowest BCUT2D eigenvalue weighted by Gasteiger charge is -2.37. The van der Waals surface area contributed by atoms with Crippen LogP contribution < -0.4 is 0 Å². The second kappa shape index (κ2) is 7.67. The Morgan fingerprint density at radius 3 is 2.35 bits per heavy atom. The average Bonchev–Trinajstić information content (AvgIpc) is 2.24. The van der Waals surface area contributed by atoms with Gasteiger partial charge in [0.15, 0.2) is 0 Å². The second-order valence-corrected chi connectivity index (χ2v) is 5.11. The van der Waals surface area contributed by atoms with E-state index in [4.69, 9.17) is 14.2 Å². The van der Waals surface area contributed by atoms with E-state index in [0.29, 0.717) is 6.61 Å². The summed E-state index contributed by atoms with van der Waals surface area (Å²) in [6.45, 7) is 7.47. The normalized spacial score (nSPS) is 17.5. The lowest BCUT2D eigenvalue weighted by molar-refractivity contribution is -0.141. The van der Waals surface area contributed by atoms with Crippen molar-refractivity contribution in [1.29, 1.82) is 0 Å². The molecular formula is C13H24O4. The Morgan fingerprint density at radius 2 is 1.82 bits per heavy atom. The van der Waals surface area contributed by atoms with Crippen LogP contribution >= 0.6 is 0 Å². The van der Waals surface area contributed by atoms with Crippen molar-refractivity contribution in [1.82, 2.24) is 0 Å². The van der Waals surface area contributed by atoms with Gasteiger partial charge < -0.3 is 14.2 Å². The first kappa shape index (κ1) is 14.5. The lowest BCUT2D eigenvalue weighted by Crippen LogP contribution is -2.43. The molecule has 0 radical (unpaired) electrons. The van der Waals surface area contributed by atoms with E-state index in [0.717, 1.165) is 52.1 Å². The Labute approximate surface area is 104 Å². The molecule has 0 aromatic heterocycles. The largest absolute Gasteiger partial charge is 0.466 e. The fraction of sp³-hybridized carbons (Fsp3) is 0.923. The minimum atomic E-state index is -0.190. The van der Waals surface area contributed by atoms with Gasteiger partial charge in [-0.3, -0.25) is 4.79 Å². The highest BCUT2D eigenvalue weighted by molar-refractivity contribution is 5.65. The molecule has 4 heteroatoms. The molecule has 0 aromatic rings. The molecular weight excluding hydrogens is 220 g/mol. The van der Waals surface area contributed by atoms with Crippen LogP contribution in [0.15, 0.2) is 0 Å². The molecule has 1 aliphatic rings. The van der Waals surface area contributed by atoms with Crippen molar-refractivity contribution in [3.05, 3.63) is 0 Å². The third-order valence-electron chi connectivity index (χ3n) is 2.84. The number of carbonyl (C=O) groups is 1. The zero-order valence-electron chi connectivity index (χ0n) is 11.0. The van der Waals surface area contributed by atoms with Gasteiger partial charge >= 0.3 is 5.97 Å². The fourth-order valence-electron chi connectivity index (χ4n) is 1.73. The molecule has 100 valence electrons. The van der Waals surface area contributed by atoms with Crippen LogP contribution in [0.25, 0.3) is 0 Å². The highest BCUT2D eigenvalue weighted by atomic mass is 16.5. The van der Waals surface area contributed by atoms with Crippen molar-refractivity contribution in [2.75, 3.05) is 33.0 Å². The summed E-state index contributed by atoms with van der Waals surface area (Å²) in [6.07, 6.45) is 4.26. The van der Waals surface area contributed by atoms with Gasteiger partial charge in [0, 0.05) is 18.9 Å². The standard InChI is InChI=1S/C13H24O4/c1-12(14)17-8-6-4-3-5-7-15-9-13(2)10-16-11-13/h3-11H2,1-2H3. The van der Waals surface area contributed by atoms with E-state index in [-0.39, 0.29) is 11.4 Å². The Bertz CT molecular complexity index is 223. The maximum atomic E-state index is 10.5. The topological polar surface area (TPSA) is 44.8 Å². The number of hydrogen-bond donors (Lipinski definition) is 0. The Hall–Kier alpha value is -0.610. The molecule has 4 nitrogen and oxygen atoms in total. The second-order valence-electron chi connectivity index (χ2n) is 5.11. The highest BCUT2D eigenvalue weighted by Gasteiger charge is 2.33. The number of rotatable bonds is 9. The summed E-state index contributed by atoms with van der Waals surface area (Å²) in [7, 11) is 0. The van der Waals surface area contributed by atoms with Gasteiger partial charge in [-0.2, -0.15) is 0 Å². The first-order valence-electron chi connectivity index (χ1n) is 6.41. The number of esters is 1. The van der Waals surface area contributed by atoms with Crippen LogP contribution in [0.1, 0.15) is 39.5 Å². The zero-order valence-corrected chi connectivity index (χ0v) is 11.0. The van der Waals surface area contributed by atoms with E-state index in [1.165, 1.54) is 6.92 Å². The van der Waals surface area contributed by atoms with E-state index in [1.807, 2.05) is 0 Å². The molecule has 0 N–H and O–H groups in total. The lowest BCUT2D eigenvalue weighted by atomic mass is 9.90. The van der Waals surface area contributed by atoms with E-state index in [1.54, 1.807) is 0 Å². The molecule has 1 aliphatic heterocycles. The molecule has 1 fully saturated rings. The molecule has 1 rings (SSSR count). The van der Waals surface area contributed by atoms with Crippen molar-refractivity contribution >= 4 is 5.97 Å². The minimum Gasteiger partial charge on any atom is -0.466 e. The first-order valence-corrected chi connectivity index (χ1v) is 6.41. The molecule has 0 amide bonds. The maximum Gasteiger partial charge on any atom is 0.302 e. The van der Waals surface area contributed by atoms with Crippen molar-refractivity contribution < 1.29 is 19.0 Å². The number of hydrogen-bond acceptors (Lipinski definition) is 4. The van der Waals surface area contributed by atoms with Crippen LogP contribution in [0, 0.1) is 5.41 Å². The van der Waals surface area contributed by atoms with Crippen LogP contribution in [-0.4, -0.2) is 39.0 Å². The van der Waals surface area contributed by atoms with Gasteiger partial charge in [0.25, 0.3) is 0 Å². The van der Waals surface area contributed by atoms with Gasteiger partial charge in [0.05, 0.1) is 26.4 Å². The first-order chi connectivity index (χ1) is 8.12. The molecule has 0 aliphatic carbocycles. The zero-order chi connectivity index (χ0) is 12.6. The molecule has 17 heavy (non-hydrogen) atoms. The van der Waals surface area contributed by atoms with E-state index >= 15 is 0 Å². The molecule has 0 atom stereocenters. The van der Waals surface area contributed by atoms with Gasteiger partial charge in [0.1, 0.15) is 0 Å². The number of unbranched alkanes of at least 4 members (excludes halogenated alkanes) is 3. The van der Waals surface area contributed by atoms with Crippen molar-refractivity contribution in [3.63, 3.8) is 0 Å². The van der Waals surface area contributed by atoms with Crippen molar-refractivity contribution in [2.24, 2.45) is 5.41 Å². The van der Waals surface area contributed by atoms with Gasteiger partial charge in [-0.25, -0.2) is 0 Å². The van der Waals surface area contributed by atoms with Crippen molar-refractivity contribution in [2.45, 2.75) is 39.5 Å². The summed E-state index contributed by atoms with van der Waals surface area (Å²) in [5.74, 6) is -0.190. The van der Waals surface area contributed by atoms with Crippen LogP contribution in [0.5, 0.6) is 0 Å². The molecule has 0 aromatic carbocycles. The fourth-order valence-corrected chi connectivity index (χ4v) is 1.73. The van der Waals surface area contributed by atoms with Crippen LogP contribution in [-0.2, 0) is 19.0 Å². The Kier molecular flexibility index (Phi) is 6.52. The van der Waals surface area contributed by atoms with Gasteiger partial charge in [-0.1, -0.05) is 13.3 Å². The molecule has 1 heterocycles. The molecule has 0 saturated carbocycles. The summed E-state index contributed by atoms with van der Waals surface area (Å²) < 4.78 is 15.6. The summed E-state index contributed by atoms with van der Waals surface area (Å²) in [5.41, 5.74) is 0.259. The summed E-state index contributed by atoms with van der Waals surface area (Å²) in [6, 6.07) is 0. The summed E-state index contributed by atoms with van der Waals surface area (Å²) in [5, 5.41) is 0. The van der Waals surface area contributed by atoms with Crippen molar-refractivity contribution in [3.8, 4) is 0 Å². The summed E-state index contributed by atoms with van der Waals surface area (Å²) >= 11 is 0. The SMILES string of the molecule is CC(=O)OCCCCCCOCC1(C)COC1. The molecule has 0 spiro atoms. The van der Waals surface area contributed by atoms with Crippen LogP contribution in [0.2, 0.25) is 0 Å². The molecule has 0 unspecified atom stereocenters. The monoisotopic (exact) mass is 244 g/mol. The van der Waals surface area contributed by atoms with Gasteiger partial charge in [-0.15, -0.1) is 0 Å². The average molecular weight is 244 g/mol. The predicted molar refractivity (Wildman–Crippen MR) is 64.8 cm³/mol. The van der Waals surface area contributed by atoms with Crippen LogP contribution in [0.4, 0.5) is 0 Å². The van der Waals surface area contributed by atoms with E-state index < -0.39 is 0 Å². The number of carbonyl (C=O) groups excluding carboxylic acids is 1. The van der Waals surface area contributed by atoms with Gasteiger partial charge in [0.2, 0.25) is 0 Å². The number of ether oxygens (including phenoxy) is 3. The van der Waals surface area contributed by atoms with Crippen LogP contribution in [0.3, 0.4) is 0 Å². The molecule has 0 bridgehead atoms. The minimum absolute atomic E-state index is 0.190. The predicted octanol–water partition coefficient (Wildman–Crippen LogP) is 2.16. The summed E-state index contributed by atoms with van der Waals surface area (Å²) in [4.78, 5) is 10.5. The van der Waals surface area contributed by atoms with Gasteiger partial charge in [-0.05, 0) is 19.3 Å². The highest BCUT2D eigenvalue weighted by Crippen LogP contribution is 2.26. The Morgan fingerprint density at radius 1 is 1.18 bits per heavy atom. The third-order valence-corrected chi connectivity index (χ3v) is 2.84. The maximum absolute atomic E-state index is 10.5. The smallest absolute Gasteiger partial charge is 0.302 e. The molecule has 1 saturated heterocycles. The quantitative estimate of drug-likeness (QED) is 0.460. The third kappa shape index (κ3) is 6.64. The van der Waals surface area contributed by atoms with E-state index in [9.17, 15) is 4.79 Å². The Balaban J connectivity index is 1.77. The van der Waals surface area contributed by atoms with E-state index in [2.05, 4.69) is 6.92 Å².